The molecule has 0 saturated carbocycles. The van der Waals surface area contributed by atoms with Gasteiger partial charge in [0.2, 0.25) is 11.7 Å². The Bertz CT molecular complexity index is 899. The van der Waals surface area contributed by atoms with Gasteiger partial charge in [0.1, 0.15) is 5.69 Å². The molecule has 0 N–H and O–H groups in total. The van der Waals surface area contributed by atoms with Crippen LogP contribution in [-0.2, 0) is 0 Å². The molecule has 0 aliphatic rings. The summed E-state index contributed by atoms with van der Waals surface area (Å²) >= 11 is 0. The van der Waals surface area contributed by atoms with Crippen LogP contribution in [-0.4, -0.2) is 4.98 Å². The Hall–Kier alpha value is -2.74. The van der Waals surface area contributed by atoms with Gasteiger partial charge in [-0.3, -0.25) is 0 Å². The lowest BCUT2D eigenvalue weighted by Crippen LogP contribution is -2.21. The summed E-state index contributed by atoms with van der Waals surface area (Å²) in [6, 6.07) is 20.8. The maximum absolute atomic E-state index is 4.56. The normalized spacial score (nSPS) is 11.0. The molecule has 0 unspecified atom stereocenters. The minimum atomic E-state index is 0.985. The number of aromatic nitrogens is 2. The van der Waals surface area contributed by atoms with Gasteiger partial charge in [0, 0.05) is 17.0 Å². The molecule has 2 nitrogen and oxygen atoms in total. The second-order valence-corrected chi connectivity index (χ2v) is 4.87. The van der Waals surface area contributed by atoms with Crippen LogP contribution in [0.3, 0.4) is 0 Å². The van der Waals surface area contributed by atoms with Crippen molar-refractivity contribution in [3.8, 4) is 11.3 Å². The fourth-order valence-electron chi connectivity index (χ4n) is 2.49. The summed E-state index contributed by atoms with van der Waals surface area (Å²) in [5.74, 6) is 0. The number of pyridine rings is 1. The van der Waals surface area contributed by atoms with Crippen LogP contribution >= 0.6 is 0 Å². The van der Waals surface area contributed by atoms with Crippen LogP contribution in [0, 0.1) is 0 Å². The first-order chi connectivity index (χ1) is 9.90. The van der Waals surface area contributed by atoms with Crippen LogP contribution < -0.4 is 4.40 Å². The molecule has 0 radical (unpaired) electrons. The van der Waals surface area contributed by atoms with Crippen LogP contribution in [0.25, 0.3) is 27.5 Å². The predicted molar refractivity (Wildman–Crippen MR) is 80.3 cm³/mol. The lowest BCUT2D eigenvalue weighted by molar-refractivity contribution is -0.510. The van der Waals surface area contributed by atoms with Crippen LogP contribution in [0.1, 0.15) is 0 Å². The van der Waals surface area contributed by atoms with Crippen molar-refractivity contribution >= 4 is 16.3 Å². The predicted octanol–water partition coefficient (Wildman–Crippen LogP) is 3.64. The fraction of sp³-hybridized carbons (Fsp3) is 0. The lowest BCUT2D eigenvalue weighted by Gasteiger charge is -2.00. The highest BCUT2D eigenvalue weighted by Gasteiger charge is 2.08. The van der Waals surface area contributed by atoms with Gasteiger partial charge >= 0.3 is 0 Å². The van der Waals surface area contributed by atoms with Crippen molar-refractivity contribution in [1.29, 1.82) is 0 Å². The van der Waals surface area contributed by atoms with E-state index in [0.29, 0.717) is 0 Å². The zero-order valence-electron chi connectivity index (χ0n) is 10.9. The summed E-state index contributed by atoms with van der Waals surface area (Å²) < 4.78 is 2.14. The molecule has 2 aromatic carbocycles. The zero-order valence-corrected chi connectivity index (χ0v) is 10.9. The smallest absolute Gasteiger partial charge is 0.229 e. The fourth-order valence-corrected chi connectivity index (χ4v) is 2.49. The number of benzene rings is 2. The van der Waals surface area contributed by atoms with Gasteiger partial charge < -0.3 is 0 Å². The van der Waals surface area contributed by atoms with Gasteiger partial charge in [-0.1, -0.05) is 48.5 Å². The largest absolute Gasteiger partial charge is 0.243 e. The second-order valence-electron chi connectivity index (χ2n) is 4.87. The monoisotopic (exact) mass is 257 g/mol. The average Bonchev–Trinajstić information content (AvgIpc) is 2.53. The van der Waals surface area contributed by atoms with E-state index in [1.165, 1.54) is 10.8 Å². The summed E-state index contributed by atoms with van der Waals surface area (Å²) in [7, 11) is 0. The quantitative estimate of drug-likeness (QED) is 0.376. The van der Waals surface area contributed by atoms with E-state index < -0.39 is 0 Å². The van der Waals surface area contributed by atoms with E-state index in [1.54, 1.807) is 0 Å². The zero-order chi connectivity index (χ0) is 13.4. The van der Waals surface area contributed by atoms with E-state index in [0.717, 1.165) is 16.8 Å². The first-order valence-corrected chi connectivity index (χ1v) is 6.65. The minimum absolute atomic E-state index is 0.985. The molecule has 0 aliphatic heterocycles. The molecule has 20 heavy (non-hydrogen) atoms. The standard InChI is InChI=1S/C18H13N2/c1-2-6-14(7-3-1)18-13-20-12-16-9-5-4-8-15(16)10-17(20)11-19-18/h1-13H/q+1. The molecule has 0 bridgehead atoms. The molecule has 2 heterocycles. The van der Waals surface area contributed by atoms with Gasteiger partial charge in [-0.2, -0.15) is 4.40 Å². The van der Waals surface area contributed by atoms with Crippen molar-refractivity contribution in [2.75, 3.05) is 0 Å². The average molecular weight is 257 g/mol. The van der Waals surface area contributed by atoms with Crippen molar-refractivity contribution in [1.82, 2.24) is 4.98 Å². The number of hydrogen-bond donors (Lipinski definition) is 0. The molecule has 0 fully saturated rings. The Morgan fingerprint density at radius 1 is 0.750 bits per heavy atom. The van der Waals surface area contributed by atoms with Gasteiger partial charge in [-0.15, -0.1) is 0 Å². The molecule has 0 amide bonds. The molecule has 2 aromatic heterocycles. The maximum Gasteiger partial charge on any atom is 0.229 e. The molecule has 2 heteroatoms. The van der Waals surface area contributed by atoms with Gasteiger partial charge in [0.05, 0.1) is 6.20 Å². The Kier molecular flexibility index (Phi) is 2.46. The highest BCUT2D eigenvalue weighted by atomic mass is 14.9. The number of rotatable bonds is 1. The minimum Gasteiger partial charge on any atom is -0.243 e. The van der Waals surface area contributed by atoms with E-state index in [-0.39, 0.29) is 0 Å². The Labute approximate surface area is 117 Å². The highest BCUT2D eigenvalue weighted by Crippen LogP contribution is 2.17. The molecule has 0 saturated heterocycles. The Morgan fingerprint density at radius 2 is 1.50 bits per heavy atom. The SMILES string of the molecule is c1ccc(-c2c[n+]3cc4ccccc4cc3cn2)cc1. The third-order valence-corrected chi connectivity index (χ3v) is 3.54. The molecule has 0 spiro atoms. The van der Waals surface area contributed by atoms with Gasteiger partial charge in [0.15, 0.2) is 6.20 Å². The summed E-state index contributed by atoms with van der Waals surface area (Å²) in [6.45, 7) is 0. The Balaban J connectivity index is 1.97. The molecule has 4 aromatic rings. The maximum atomic E-state index is 4.56. The van der Waals surface area contributed by atoms with E-state index in [9.17, 15) is 0 Å². The van der Waals surface area contributed by atoms with Crippen molar-refractivity contribution in [3.63, 3.8) is 0 Å². The van der Waals surface area contributed by atoms with E-state index in [4.69, 9.17) is 0 Å². The third-order valence-electron chi connectivity index (χ3n) is 3.54. The van der Waals surface area contributed by atoms with Crippen LogP contribution in [0.4, 0.5) is 0 Å². The van der Waals surface area contributed by atoms with Crippen molar-refractivity contribution in [2.45, 2.75) is 0 Å². The molecule has 0 aliphatic carbocycles. The number of hydrogen-bond acceptors (Lipinski definition) is 1. The highest BCUT2D eigenvalue weighted by molar-refractivity contribution is 5.83. The summed E-state index contributed by atoms with van der Waals surface area (Å²) in [4.78, 5) is 4.56. The summed E-state index contributed by atoms with van der Waals surface area (Å²) in [5.41, 5.74) is 3.22. The second kappa shape index (κ2) is 4.42. The van der Waals surface area contributed by atoms with Gasteiger partial charge in [0.25, 0.3) is 0 Å². The van der Waals surface area contributed by atoms with Gasteiger partial charge in [-0.05, 0) is 11.5 Å². The van der Waals surface area contributed by atoms with E-state index in [1.807, 2.05) is 24.4 Å². The summed E-state index contributed by atoms with van der Waals surface area (Å²) in [5, 5.41) is 2.47. The van der Waals surface area contributed by atoms with E-state index >= 15 is 0 Å². The van der Waals surface area contributed by atoms with Gasteiger partial charge in [-0.25, -0.2) is 4.98 Å². The van der Waals surface area contributed by atoms with Crippen molar-refractivity contribution < 1.29 is 4.40 Å². The third kappa shape index (κ3) is 1.82. The van der Waals surface area contributed by atoms with Crippen molar-refractivity contribution in [2.24, 2.45) is 0 Å². The first-order valence-electron chi connectivity index (χ1n) is 6.65. The topological polar surface area (TPSA) is 17.0 Å². The molecule has 4 rings (SSSR count). The number of fused-ring (bicyclic) bond motifs is 2. The molecular formula is C18H13N2+. The Morgan fingerprint density at radius 3 is 2.35 bits per heavy atom. The first kappa shape index (κ1) is 11.1. The molecule has 0 atom stereocenters. The van der Waals surface area contributed by atoms with Crippen LogP contribution in [0.2, 0.25) is 0 Å². The summed E-state index contributed by atoms with van der Waals surface area (Å²) in [6.07, 6.45) is 6.16. The number of nitrogens with zero attached hydrogens (tertiary/aromatic N) is 2. The van der Waals surface area contributed by atoms with E-state index in [2.05, 4.69) is 64.2 Å². The van der Waals surface area contributed by atoms with Crippen LogP contribution in [0.15, 0.2) is 79.3 Å². The molecular weight excluding hydrogens is 244 g/mol. The molecule has 94 valence electrons. The van der Waals surface area contributed by atoms with Crippen LogP contribution in [0.5, 0.6) is 0 Å². The van der Waals surface area contributed by atoms with Crippen molar-refractivity contribution in [3.05, 3.63) is 79.3 Å². The lowest BCUT2D eigenvalue weighted by atomic mass is 10.1.